The van der Waals surface area contributed by atoms with Crippen molar-refractivity contribution >= 4 is 24.6 Å². The number of esters is 1. The van der Waals surface area contributed by atoms with Gasteiger partial charge in [-0.25, -0.2) is 9.36 Å². The topological polar surface area (TPSA) is 211 Å². The Hall–Kier alpha value is -3.30. The number of cyclic esters (lactones) is 1. The van der Waals surface area contributed by atoms with Crippen LogP contribution >= 0.6 is 7.82 Å². The number of aliphatic hydroxyl groups excluding tert-OH is 4. The lowest BCUT2D eigenvalue weighted by atomic mass is 9.85. The third kappa shape index (κ3) is 5.88. The Bertz CT molecular complexity index is 1600. The number of phosphoric acid groups is 1. The van der Waals surface area contributed by atoms with Crippen LogP contribution in [0.1, 0.15) is 27.0 Å². The highest BCUT2D eigenvalue weighted by Gasteiger charge is 2.43. The molecule has 0 bridgehead atoms. The van der Waals surface area contributed by atoms with Gasteiger partial charge in [0.25, 0.3) is 0 Å². The van der Waals surface area contributed by atoms with Crippen LogP contribution in [0.4, 0.5) is 0 Å². The lowest BCUT2D eigenvalue weighted by Crippen LogP contribution is -2.51. The summed E-state index contributed by atoms with van der Waals surface area (Å²) in [5, 5.41) is 41.4. The van der Waals surface area contributed by atoms with Gasteiger partial charge in [-0.3, -0.25) is 9.79 Å². The molecular weight excluding hydrogens is 603 g/mol. The molecule has 238 valence electrons. The molecule has 0 aliphatic carbocycles. The van der Waals surface area contributed by atoms with Crippen molar-refractivity contribution in [3.8, 4) is 28.4 Å². The van der Waals surface area contributed by atoms with Crippen molar-refractivity contribution in [1.29, 1.82) is 0 Å². The van der Waals surface area contributed by atoms with Crippen molar-refractivity contribution in [3.05, 3.63) is 52.6 Å². The molecule has 2 aliphatic rings. The molecule has 14 nitrogen and oxygen atoms in total. The number of carbonyl (C=O) groups excluding carboxylic acids is 1. The lowest BCUT2D eigenvalue weighted by Gasteiger charge is -2.40. The molecule has 44 heavy (non-hydrogen) atoms. The third-order valence-corrected chi connectivity index (χ3v) is 8.44. The standard InChI is InChI=1S/C29H33O14P/c1-38-23-7-14(3-4-22(23)43-44(35,36)37)25-17-5-15(8-30)16(9-31)6-18(17)27(21-12-40-28(34)26(21)25)42-29-20(11-33)19(10-32)24(39-2)13-41-29/h3-7,19-20,24,29-33H,8-13H2,1-2H3,(H2,35,36,37). The van der Waals surface area contributed by atoms with Crippen molar-refractivity contribution in [1.82, 2.24) is 0 Å². The molecule has 1 saturated heterocycles. The van der Waals surface area contributed by atoms with Gasteiger partial charge in [0.15, 0.2) is 11.5 Å². The van der Waals surface area contributed by atoms with E-state index >= 15 is 0 Å². The Kier molecular flexibility index (Phi) is 9.47. The van der Waals surface area contributed by atoms with Crippen LogP contribution in [0, 0.1) is 11.8 Å². The highest BCUT2D eigenvalue weighted by Crippen LogP contribution is 2.49. The van der Waals surface area contributed by atoms with E-state index in [-0.39, 0.29) is 42.6 Å². The molecule has 0 amide bonds. The maximum absolute atomic E-state index is 13.3. The van der Waals surface area contributed by atoms with Gasteiger partial charge in [0.05, 0.1) is 51.1 Å². The first-order valence-electron chi connectivity index (χ1n) is 13.6. The zero-order valence-corrected chi connectivity index (χ0v) is 24.7. The van der Waals surface area contributed by atoms with Crippen molar-refractivity contribution in [2.45, 2.75) is 32.2 Å². The third-order valence-electron chi connectivity index (χ3n) is 8.00. The van der Waals surface area contributed by atoms with Crippen molar-refractivity contribution in [3.63, 3.8) is 0 Å². The molecule has 2 aliphatic heterocycles. The van der Waals surface area contributed by atoms with Gasteiger partial charge >= 0.3 is 13.8 Å². The van der Waals surface area contributed by atoms with Gasteiger partial charge in [-0.05, 0) is 46.3 Å². The predicted octanol–water partition coefficient (Wildman–Crippen LogP) is 1.61. The summed E-state index contributed by atoms with van der Waals surface area (Å²) < 4.78 is 44.8. The van der Waals surface area contributed by atoms with Crippen LogP contribution in [-0.4, -0.2) is 82.6 Å². The zero-order valence-electron chi connectivity index (χ0n) is 23.8. The summed E-state index contributed by atoms with van der Waals surface area (Å²) in [7, 11) is -2.16. The van der Waals surface area contributed by atoms with E-state index in [4.69, 9.17) is 28.2 Å². The summed E-state index contributed by atoms with van der Waals surface area (Å²) in [6.45, 7) is -1.67. The number of benzene rings is 3. The predicted molar refractivity (Wildman–Crippen MR) is 152 cm³/mol. The number of ether oxygens (including phenoxy) is 5. The molecule has 6 N–H and O–H groups in total. The lowest BCUT2D eigenvalue weighted by molar-refractivity contribution is -0.218. The summed E-state index contributed by atoms with van der Waals surface area (Å²) in [4.78, 5) is 31.9. The van der Waals surface area contributed by atoms with Crippen LogP contribution in [0.3, 0.4) is 0 Å². The number of hydrogen-bond donors (Lipinski definition) is 6. The van der Waals surface area contributed by atoms with Crippen LogP contribution < -0.4 is 14.0 Å². The number of fused-ring (bicyclic) bond motifs is 2. The Morgan fingerprint density at radius 3 is 2.18 bits per heavy atom. The van der Waals surface area contributed by atoms with Crippen molar-refractivity contribution in [2.24, 2.45) is 11.8 Å². The van der Waals surface area contributed by atoms with Crippen LogP contribution in [0.15, 0.2) is 30.3 Å². The summed E-state index contributed by atoms with van der Waals surface area (Å²) in [5.41, 5.74) is 1.97. The first kappa shape index (κ1) is 32.1. The molecule has 0 saturated carbocycles. The van der Waals surface area contributed by atoms with Crippen LogP contribution in [-0.2, 0) is 38.6 Å². The minimum atomic E-state index is -4.92. The molecule has 4 atom stereocenters. The Morgan fingerprint density at radius 2 is 1.59 bits per heavy atom. The number of phosphoric ester groups is 1. The van der Waals surface area contributed by atoms with E-state index in [0.717, 1.165) is 0 Å². The maximum Gasteiger partial charge on any atom is 0.524 e. The van der Waals surface area contributed by atoms with Gasteiger partial charge in [0.1, 0.15) is 12.4 Å². The van der Waals surface area contributed by atoms with Gasteiger partial charge in [-0.1, -0.05) is 6.07 Å². The highest BCUT2D eigenvalue weighted by molar-refractivity contribution is 7.46. The minimum absolute atomic E-state index is 0.0297. The fraction of sp³-hybridized carbons (Fsp3) is 0.414. The number of hydrogen-bond acceptors (Lipinski definition) is 12. The molecule has 1 fully saturated rings. The van der Waals surface area contributed by atoms with E-state index in [1.165, 1.54) is 32.4 Å². The summed E-state index contributed by atoms with van der Waals surface area (Å²) >= 11 is 0. The Balaban J connectivity index is 1.75. The second-order valence-corrected chi connectivity index (χ2v) is 11.5. The molecule has 3 aromatic carbocycles. The van der Waals surface area contributed by atoms with E-state index in [1.54, 1.807) is 12.1 Å². The van der Waals surface area contributed by atoms with E-state index in [0.29, 0.717) is 38.6 Å². The molecule has 0 spiro atoms. The van der Waals surface area contributed by atoms with Crippen LogP contribution in [0.2, 0.25) is 0 Å². The van der Waals surface area contributed by atoms with Crippen LogP contribution in [0.5, 0.6) is 17.2 Å². The molecule has 15 heteroatoms. The normalized spacial score (nSPS) is 21.7. The largest absolute Gasteiger partial charge is 0.524 e. The maximum atomic E-state index is 13.3. The highest BCUT2D eigenvalue weighted by atomic mass is 31.2. The fourth-order valence-corrected chi connectivity index (χ4v) is 6.25. The zero-order chi connectivity index (χ0) is 31.8. The molecular formula is C29H33O14P. The number of aliphatic hydroxyl groups is 4. The summed E-state index contributed by atoms with van der Waals surface area (Å²) in [6.07, 6.45) is -1.55. The SMILES string of the molecule is COc1cc(-c2c3c(c(OC4OCC(OC)C(CO)C4CO)c4cc(CO)c(CO)cc24)COC3=O)ccc1OP(=O)(O)O. The summed E-state index contributed by atoms with van der Waals surface area (Å²) in [6, 6.07) is 7.42. The second kappa shape index (κ2) is 13.0. The van der Waals surface area contributed by atoms with Crippen molar-refractivity contribution < 1.29 is 67.8 Å². The molecule has 5 rings (SSSR count). The van der Waals surface area contributed by atoms with E-state index in [9.17, 15) is 39.6 Å². The molecule has 0 aromatic heterocycles. The molecule has 2 heterocycles. The smallest absolute Gasteiger partial charge is 0.493 e. The quantitative estimate of drug-likeness (QED) is 0.130. The first-order valence-corrected chi connectivity index (χ1v) is 15.1. The number of methoxy groups -OCH3 is 2. The molecule has 0 radical (unpaired) electrons. The monoisotopic (exact) mass is 636 g/mol. The molecule has 3 aromatic rings. The van der Waals surface area contributed by atoms with Gasteiger partial charge in [0.2, 0.25) is 6.29 Å². The number of carbonyl (C=O) groups is 1. The van der Waals surface area contributed by atoms with E-state index < -0.39 is 57.8 Å². The van der Waals surface area contributed by atoms with Gasteiger partial charge < -0.3 is 48.6 Å². The number of rotatable bonds is 11. The van der Waals surface area contributed by atoms with Gasteiger partial charge in [-0.2, -0.15) is 0 Å². The van der Waals surface area contributed by atoms with Crippen molar-refractivity contribution in [2.75, 3.05) is 34.0 Å². The van der Waals surface area contributed by atoms with Gasteiger partial charge in [0, 0.05) is 36.1 Å². The second-order valence-electron chi connectivity index (χ2n) is 10.4. The Morgan fingerprint density at radius 1 is 0.909 bits per heavy atom. The Labute approximate surface area is 251 Å². The molecule has 4 unspecified atom stereocenters. The fourth-order valence-electron chi connectivity index (χ4n) is 5.84. The van der Waals surface area contributed by atoms with Gasteiger partial charge in [-0.15, -0.1) is 0 Å². The van der Waals surface area contributed by atoms with E-state index in [1.807, 2.05) is 0 Å². The minimum Gasteiger partial charge on any atom is -0.493 e. The summed E-state index contributed by atoms with van der Waals surface area (Å²) in [5.74, 6) is -1.98. The average Bonchev–Trinajstić information content (AvgIpc) is 3.40. The van der Waals surface area contributed by atoms with E-state index in [2.05, 4.69) is 0 Å². The van der Waals surface area contributed by atoms with Crippen LogP contribution in [0.25, 0.3) is 21.9 Å². The average molecular weight is 637 g/mol. The first-order chi connectivity index (χ1) is 21.1.